The molecular formula is C11H13NOS. The van der Waals surface area contributed by atoms with E-state index in [4.69, 9.17) is 4.74 Å². The number of benzene rings is 1. The summed E-state index contributed by atoms with van der Waals surface area (Å²) in [5.74, 6) is 1.98. The summed E-state index contributed by atoms with van der Waals surface area (Å²) in [6, 6.07) is 8.22. The van der Waals surface area contributed by atoms with E-state index in [2.05, 4.69) is 28.6 Å². The smallest absolute Gasteiger partial charge is 0.118 e. The van der Waals surface area contributed by atoms with E-state index >= 15 is 0 Å². The van der Waals surface area contributed by atoms with Gasteiger partial charge in [-0.25, -0.2) is 0 Å². The number of hydrogen-bond acceptors (Lipinski definition) is 3. The number of thioether (sulfide) groups is 1. The molecule has 1 aromatic rings. The maximum atomic E-state index is 5.11. The number of hydrogen-bond donors (Lipinski definition) is 0. The molecule has 0 aromatic heterocycles. The maximum Gasteiger partial charge on any atom is 0.118 e. The van der Waals surface area contributed by atoms with Crippen molar-refractivity contribution in [2.24, 2.45) is 0 Å². The molecule has 0 radical (unpaired) electrons. The third kappa shape index (κ3) is 2.23. The minimum Gasteiger partial charge on any atom is -0.497 e. The van der Waals surface area contributed by atoms with Gasteiger partial charge in [0.1, 0.15) is 5.75 Å². The minimum absolute atomic E-state index is 0.917. The molecule has 0 spiro atoms. The van der Waals surface area contributed by atoms with Gasteiger partial charge in [0.05, 0.1) is 13.0 Å². The number of ether oxygens (including phenoxy) is 1. The molecule has 0 fully saturated rings. The Bertz CT molecular complexity index is 321. The molecule has 2 rings (SSSR count). The van der Waals surface area contributed by atoms with Crippen LogP contribution in [0.2, 0.25) is 0 Å². The third-order valence-corrected chi connectivity index (χ3v) is 2.95. The first-order chi connectivity index (χ1) is 6.88. The highest BCUT2D eigenvalue weighted by atomic mass is 32.2. The molecule has 0 aliphatic carbocycles. The van der Waals surface area contributed by atoms with E-state index in [1.165, 1.54) is 5.56 Å². The van der Waals surface area contributed by atoms with E-state index in [0.29, 0.717) is 0 Å². The molecule has 0 atom stereocenters. The molecule has 3 heteroatoms. The third-order valence-electron chi connectivity index (χ3n) is 2.15. The summed E-state index contributed by atoms with van der Waals surface area (Å²) in [5, 5.41) is 2.13. The molecule has 0 bridgehead atoms. The molecule has 0 amide bonds. The Kier molecular flexibility index (Phi) is 2.99. The number of nitrogens with zero attached hydrogens (tertiary/aromatic N) is 1. The van der Waals surface area contributed by atoms with Gasteiger partial charge in [0.2, 0.25) is 0 Å². The van der Waals surface area contributed by atoms with Crippen molar-refractivity contribution < 1.29 is 4.74 Å². The highest BCUT2D eigenvalue weighted by molar-refractivity contribution is 8.02. The second-order valence-corrected chi connectivity index (χ2v) is 4.04. The fourth-order valence-corrected chi connectivity index (χ4v) is 2.09. The van der Waals surface area contributed by atoms with Crippen LogP contribution >= 0.6 is 11.8 Å². The van der Waals surface area contributed by atoms with Crippen LogP contribution in [0.4, 0.5) is 0 Å². The first-order valence-corrected chi connectivity index (χ1v) is 5.58. The van der Waals surface area contributed by atoms with E-state index in [-0.39, 0.29) is 0 Å². The summed E-state index contributed by atoms with van der Waals surface area (Å²) in [6.07, 6.45) is 2.13. The van der Waals surface area contributed by atoms with E-state index < -0.39 is 0 Å². The lowest BCUT2D eigenvalue weighted by Crippen LogP contribution is -2.12. The lowest BCUT2D eigenvalue weighted by molar-refractivity contribution is 0.413. The van der Waals surface area contributed by atoms with Gasteiger partial charge in [0, 0.05) is 12.7 Å². The summed E-state index contributed by atoms with van der Waals surface area (Å²) in [4.78, 5) is 2.28. The molecule has 14 heavy (non-hydrogen) atoms. The van der Waals surface area contributed by atoms with Gasteiger partial charge in [-0.1, -0.05) is 12.1 Å². The van der Waals surface area contributed by atoms with Gasteiger partial charge in [0.25, 0.3) is 0 Å². The second-order valence-electron chi connectivity index (χ2n) is 3.18. The van der Waals surface area contributed by atoms with Crippen molar-refractivity contribution in [2.45, 2.75) is 6.54 Å². The highest BCUT2D eigenvalue weighted by Crippen LogP contribution is 2.19. The van der Waals surface area contributed by atoms with Crippen LogP contribution in [0.25, 0.3) is 0 Å². The molecule has 0 saturated heterocycles. The normalized spacial score (nSPS) is 14.8. The molecular weight excluding hydrogens is 194 g/mol. The molecule has 0 N–H and O–H groups in total. The predicted octanol–water partition coefficient (Wildman–Crippen LogP) is 2.67. The molecule has 0 saturated carbocycles. The van der Waals surface area contributed by atoms with Gasteiger partial charge in [-0.2, -0.15) is 0 Å². The van der Waals surface area contributed by atoms with Crippen molar-refractivity contribution in [1.29, 1.82) is 0 Å². The Morgan fingerprint density at radius 1 is 1.36 bits per heavy atom. The van der Waals surface area contributed by atoms with Crippen LogP contribution in [0.15, 0.2) is 35.9 Å². The Morgan fingerprint density at radius 2 is 2.14 bits per heavy atom. The lowest BCUT2D eigenvalue weighted by Gasteiger charge is -2.14. The topological polar surface area (TPSA) is 12.5 Å². The zero-order valence-electron chi connectivity index (χ0n) is 8.14. The van der Waals surface area contributed by atoms with Crippen molar-refractivity contribution >= 4 is 11.8 Å². The van der Waals surface area contributed by atoms with Crippen molar-refractivity contribution in [3.8, 4) is 5.75 Å². The number of rotatable bonds is 3. The van der Waals surface area contributed by atoms with Gasteiger partial charge in [-0.05, 0) is 23.1 Å². The highest BCUT2D eigenvalue weighted by Gasteiger charge is 2.04. The van der Waals surface area contributed by atoms with Crippen LogP contribution in [-0.4, -0.2) is 17.9 Å². The van der Waals surface area contributed by atoms with E-state index in [1.54, 1.807) is 7.11 Å². The molecule has 1 heterocycles. The van der Waals surface area contributed by atoms with Crippen molar-refractivity contribution in [2.75, 3.05) is 13.0 Å². The molecule has 1 aromatic carbocycles. The fraction of sp³-hybridized carbons (Fsp3) is 0.273. The second kappa shape index (κ2) is 4.42. The first-order valence-electron chi connectivity index (χ1n) is 4.54. The zero-order valence-corrected chi connectivity index (χ0v) is 8.96. The number of methoxy groups -OCH3 is 1. The Morgan fingerprint density at radius 3 is 2.71 bits per heavy atom. The van der Waals surface area contributed by atoms with E-state index in [0.717, 1.165) is 18.2 Å². The van der Waals surface area contributed by atoms with Crippen molar-refractivity contribution in [3.05, 3.63) is 41.4 Å². The van der Waals surface area contributed by atoms with Gasteiger partial charge >= 0.3 is 0 Å². The van der Waals surface area contributed by atoms with E-state index in [1.807, 2.05) is 23.9 Å². The van der Waals surface area contributed by atoms with Crippen LogP contribution < -0.4 is 4.74 Å². The average molecular weight is 207 g/mol. The Balaban J connectivity index is 1.99. The summed E-state index contributed by atoms with van der Waals surface area (Å²) in [6.45, 7) is 0.980. The maximum absolute atomic E-state index is 5.11. The molecule has 1 aliphatic rings. The average Bonchev–Trinajstić information content (AvgIpc) is 2.72. The minimum atomic E-state index is 0.917. The van der Waals surface area contributed by atoms with E-state index in [9.17, 15) is 0 Å². The summed E-state index contributed by atoms with van der Waals surface area (Å²) in [7, 11) is 1.69. The van der Waals surface area contributed by atoms with Crippen molar-refractivity contribution in [3.63, 3.8) is 0 Å². The van der Waals surface area contributed by atoms with Gasteiger partial charge in [-0.15, -0.1) is 11.8 Å². The van der Waals surface area contributed by atoms with Crippen LogP contribution in [0, 0.1) is 0 Å². The lowest BCUT2D eigenvalue weighted by atomic mass is 10.2. The summed E-state index contributed by atoms with van der Waals surface area (Å²) in [5.41, 5.74) is 1.32. The Hall–Kier alpha value is -1.09. The van der Waals surface area contributed by atoms with Gasteiger partial charge < -0.3 is 9.64 Å². The summed E-state index contributed by atoms with van der Waals surface area (Å²) >= 11 is 1.83. The summed E-state index contributed by atoms with van der Waals surface area (Å²) < 4.78 is 5.11. The van der Waals surface area contributed by atoms with Crippen LogP contribution in [0.1, 0.15) is 5.56 Å². The Labute approximate surface area is 88.6 Å². The standard InChI is InChI=1S/C11H13NOS/c1-13-11-4-2-10(3-5-11)8-12-6-7-14-9-12/h2-7H,8-9H2,1H3. The first kappa shape index (κ1) is 9.46. The van der Waals surface area contributed by atoms with Crippen LogP contribution in [0.5, 0.6) is 5.75 Å². The SMILES string of the molecule is COc1ccc(CN2C=CSC2)cc1. The quantitative estimate of drug-likeness (QED) is 0.756. The largest absolute Gasteiger partial charge is 0.497 e. The predicted molar refractivity (Wildman–Crippen MR) is 60.1 cm³/mol. The molecule has 2 nitrogen and oxygen atoms in total. The monoisotopic (exact) mass is 207 g/mol. The molecule has 1 aliphatic heterocycles. The van der Waals surface area contributed by atoms with Crippen molar-refractivity contribution in [1.82, 2.24) is 4.90 Å². The molecule has 74 valence electrons. The fourth-order valence-electron chi connectivity index (χ4n) is 1.37. The molecule has 0 unspecified atom stereocenters. The van der Waals surface area contributed by atoms with Crippen LogP contribution in [0.3, 0.4) is 0 Å². The zero-order chi connectivity index (χ0) is 9.80. The van der Waals surface area contributed by atoms with Crippen LogP contribution in [-0.2, 0) is 6.54 Å². The van der Waals surface area contributed by atoms with Gasteiger partial charge in [-0.3, -0.25) is 0 Å². The van der Waals surface area contributed by atoms with Gasteiger partial charge in [0.15, 0.2) is 0 Å².